The highest BCUT2D eigenvalue weighted by molar-refractivity contribution is 9.10. The highest BCUT2D eigenvalue weighted by Gasteiger charge is 2.21. The van der Waals surface area contributed by atoms with Gasteiger partial charge < -0.3 is 4.74 Å². The van der Waals surface area contributed by atoms with Crippen molar-refractivity contribution in [3.05, 3.63) is 62.6 Å². The molecule has 4 heteroatoms. The minimum Gasteiger partial charge on any atom is -0.490 e. The van der Waals surface area contributed by atoms with Gasteiger partial charge in [0.05, 0.1) is 5.02 Å². The van der Waals surface area contributed by atoms with Crippen LogP contribution in [0, 0.1) is 0 Å². The van der Waals surface area contributed by atoms with E-state index in [4.69, 9.17) is 16.3 Å². The minimum atomic E-state index is -0.0707. The molecule has 0 radical (unpaired) electrons. The van der Waals surface area contributed by atoms with E-state index in [-0.39, 0.29) is 11.9 Å². The lowest BCUT2D eigenvalue weighted by Gasteiger charge is -2.06. The molecule has 1 aliphatic heterocycles. The molecular formula is C16H12BrClO2. The van der Waals surface area contributed by atoms with Crippen molar-refractivity contribution < 1.29 is 9.53 Å². The number of benzene rings is 2. The second kappa shape index (κ2) is 5.23. The second-order valence-corrected chi connectivity index (χ2v) is 6.12. The van der Waals surface area contributed by atoms with Crippen LogP contribution in [0.5, 0.6) is 5.75 Å². The van der Waals surface area contributed by atoms with E-state index in [0.717, 1.165) is 22.2 Å². The van der Waals surface area contributed by atoms with Crippen LogP contribution < -0.4 is 4.74 Å². The summed E-state index contributed by atoms with van der Waals surface area (Å²) in [6.45, 7) is 2.02. The maximum Gasteiger partial charge on any atom is 0.194 e. The molecular weight excluding hydrogens is 340 g/mol. The molecule has 1 atom stereocenters. The fourth-order valence-electron chi connectivity index (χ4n) is 2.40. The van der Waals surface area contributed by atoms with E-state index in [1.165, 1.54) is 0 Å². The lowest BCUT2D eigenvalue weighted by Crippen LogP contribution is -2.05. The minimum absolute atomic E-state index is 0.0707. The van der Waals surface area contributed by atoms with E-state index in [9.17, 15) is 4.79 Å². The molecule has 0 aromatic heterocycles. The summed E-state index contributed by atoms with van der Waals surface area (Å²) >= 11 is 9.53. The third-order valence-corrected chi connectivity index (χ3v) is 4.65. The van der Waals surface area contributed by atoms with Gasteiger partial charge in [-0.15, -0.1) is 0 Å². The first-order chi connectivity index (χ1) is 9.56. The van der Waals surface area contributed by atoms with Crippen molar-refractivity contribution in [1.82, 2.24) is 0 Å². The molecule has 0 aliphatic carbocycles. The van der Waals surface area contributed by atoms with Gasteiger partial charge in [0.15, 0.2) is 5.78 Å². The van der Waals surface area contributed by atoms with E-state index in [2.05, 4.69) is 15.9 Å². The summed E-state index contributed by atoms with van der Waals surface area (Å²) in [4.78, 5) is 12.6. The monoisotopic (exact) mass is 350 g/mol. The largest absolute Gasteiger partial charge is 0.490 e. The first-order valence-electron chi connectivity index (χ1n) is 6.34. The Balaban J connectivity index is 2.00. The molecule has 2 nitrogen and oxygen atoms in total. The van der Waals surface area contributed by atoms with Crippen molar-refractivity contribution in [1.29, 1.82) is 0 Å². The molecule has 3 rings (SSSR count). The van der Waals surface area contributed by atoms with Gasteiger partial charge in [-0.3, -0.25) is 4.79 Å². The van der Waals surface area contributed by atoms with E-state index in [0.29, 0.717) is 16.1 Å². The first-order valence-corrected chi connectivity index (χ1v) is 7.51. The number of carbonyl (C=O) groups excluding carboxylic acids is 1. The molecule has 0 N–H and O–H groups in total. The first kappa shape index (κ1) is 13.7. The third kappa shape index (κ3) is 2.36. The summed E-state index contributed by atoms with van der Waals surface area (Å²) < 4.78 is 6.37. The zero-order valence-electron chi connectivity index (χ0n) is 10.8. The molecule has 0 saturated heterocycles. The third-order valence-electron chi connectivity index (χ3n) is 3.35. The molecule has 0 bridgehead atoms. The van der Waals surface area contributed by atoms with Crippen LogP contribution in [-0.4, -0.2) is 11.9 Å². The number of hydrogen-bond acceptors (Lipinski definition) is 2. The van der Waals surface area contributed by atoms with Crippen LogP contribution in [0.1, 0.15) is 28.4 Å². The summed E-state index contributed by atoms with van der Waals surface area (Å²) in [6, 6.07) is 10.9. The highest BCUT2D eigenvalue weighted by atomic mass is 79.9. The fraction of sp³-hybridized carbons (Fsp3) is 0.188. The highest BCUT2D eigenvalue weighted by Crippen LogP contribution is 2.32. The lowest BCUT2D eigenvalue weighted by atomic mass is 10.00. The van der Waals surface area contributed by atoms with Crippen LogP contribution in [-0.2, 0) is 6.42 Å². The summed E-state index contributed by atoms with van der Waals surface area (Å²) in [5.41, 5.74) is 2.23. The van der Waals surface area contributed by atoms with Gasteiger partial charge in [0.2, 0.25) is 0 Å². The molecule has 1 heterocycles. The van der Waals surface area contributed by atoms with Crippen LogP contribution in [0.25, 0.3) is 0 Å². The van der Waals surface area contributed by atoms with Crippen LogP contribution in [0.4, 0.5) is 0 Å². The Bertz CT molecular complexity index is 697. The van der Waals surface area contributed by atoms with Crippen molar-refractivity contribution in [2.45, 2.75) is 19.4 Å². The normalized spacial score (nSPS) is 16.6. The molecule has 0 saturated carbocycles. The number of hydrogen-bond donors (Lipinski definition) is 0. The Kier molecular flexibility index (Phi) is 3.57. The summed E-state index contributed by atoms with van der Waals surface area (Å²) in [5.74, 6) is 0.799. The van der Waals surface area contributed by atoms with Crippen molar-refractivity contribution in [3.63, 3.8) is 0 Å². The topological polar surface area (TPSA) is 26.3 Å². The molecule has 0 fully saturated rings. The SMILES string of the molecule is CC1Cc2cc(C(=O)c3cccc(Br)c3Cl)ccc2O1. The van der Waals surface area contributed by atoms with Gasteiger partial charge in [0.25, 0.3) is 0 Å². The molecule has 0 spiro atoms. The van der Waals surface area contributed by atoms with Gasteiger partial charge in [0, 0.05) is 22.0 Å². The lowest BCUT2D eigenvalue weighted by molar-refractivity contribution is 0.103. The van der Waals surface area contributed by atoms with Gasteiger partial charge in [-0.05, 0) is 58.7 Å². The Morgan fingerprint density at radius 2 is 2.15 bits per heavy atom. The van der Waals surface area contributed by atoms with Gasteiger partial charge in [-0.1, -0.05) is 17.7 Å². The molecule has 1 aliphatic rings. The quantitative estimate of drug-likeness (QED) is 0.736. The van der Waals surface area contributed by atoms with Gasteiger partial charge in [-0.2, -0.15) is 0 Å². The molecule has 2 aromatic carbocycles. The Hall–Kier alpha value is -1.32. The molecule has 1 unspecified atom stereocenters. The van der Waals surface area contributed by atoms with Gasteiger partial charge >= 0.3 is 0 Å². The van der Waals surface area contributed by atoms with Crippen LogP contribution in [0.3, 0.4) is 0 Å². The average Bonchev–Trinajstić information content (AvgIpc) is 2.80. The number of fused-ring (bicyclic) bond motifs is 1. The van der Waals surface area contributed by atoms with Crippen molar-refractivity contribution >= 4 is 33.3 Å². The Labute approximate surface area is 130 Å². The summed E-state index contributed by atoms with van der Waals surface area (Å²) in [6.07, 6.45) is 1.01. The molecule has 20 heavy (non-hydrogen) atoms. The fourth-order valence-corrected chi connectivity index (χ4v) is 2.98. The van der Waals surface area contributed by atoms with Crippen LogP contribution in [0.15, 0.2) is 40.9 Å². The van der Waals surface area contributed by atoms with E-state index >= 15 is 0 Å². The smallest absolute Gasteiger partial charge is 0.194 e. The van der Waals surface area contributed by atoms with Crippen molar-refractivity contribution in [2.24, 2.45) is 0 Å². The number of ether oxygens (including phenoxy) is 1. The Morgan fingerprint density at radius 1 is 1.35 bits per heavy atom. The number of ketones is 1. The van der Waals surface area contributed by atoms with Crippen LogP contribution >= 0.6 is 27.5 Å². The zero-order valence-corrected chi connectivity index (χ0v) is 13.2. The number of halogens is 2. The Morgan fingerprint density at radius 3 is 2.95 bits per heavy atom. The van der Waals surface area contributed by atoms with E-state index in [1.54, 1.807) is 12.1 Å². The van der Waals surface area contributed by atoms with Crippen LogP contribution in [0.2, 0.25) is 5.02 Å². The van der Waals surface area contributed by atoms with Crippen molar-refractivity contribution in [3.8, 4) is 5.75 Å². The molecule has 102 valence electrons. The van der Waals surface area contributed by atoms with Gasteiger partial charge in [-0.25, -0.2) is 0 Å². The number of carbonyl (C=O) groups is 1. The van der Waals surface area contributed by atoms with E-state index in [1.807, 2.05) is 31.2 Å². The average molecular weight is 352 g/mol. The van der Waals surface area contributed by atoms with Gasteiger partial charge in [0.1, 0.15) is 11.9 Å². The van der Waals surface area contributed by atoms with Crippen molar-refractivity contribution in [2.75, 3.05) is 0 Å². The maximum absolute atomic E-state index is 12.6. The molecule has 0 amide bonds. The predicted octanol–water partition coefficient (Wildman–Crippen LogP) is 4.66. The second-order valence-electron chi connectivity index (χ2n) is 4.89. The molecule has 2 aromatic rings. The standard InChI is InChI=1S/C16H12BrClO2/c1-9-7-11-8-10(5-6-14(11)20-9)16(19)12-3-2-4-13(17)15(12)18/h2-6,8-9H,7H2,1H3. The predicted molar refractivity (Wildman–Crippen MR) is 82.8 cm³/mol. The van der Waals surface area contributed by atoms with E-state index < -0.39 is 0 Å². The summed E-state index contributed by atoms with van der Waals surface area (Å²) in [7, 11) is 0. The maximum atomic E-state index is 12.6. The number of rotatable bonds is 2. The summed E-state index contributed by atoms with van der Waals surface area (Å²) in [5, 5.41) is 0.447. The zero-order chi connectivity index (χ0) is 14.3.